The number of aliphatic carboxylic acids is 2. The molecular formula is C24H42O9. The average Bonchev–Trinajstić information content (AvgIpc) is 2.77. The summed E-state index contributed by atoms with van der Waals surface area (Å²) >= 11 is 0. The summed E-state index contributed by atoms with van der Waals surface area (Å²) in [6.07, 6.45) is 1.97. The normalized spacial score (nSPS) is 12.8. The van der Waals surface area contributed by atoms with E-state index in [1.54, 1.807) is 6.92 Å². The van der Waals surface area contributed by atoms with Crippen LogP contribution < -0.4 is 4.74 Å². The molecule has 1 aromatic rings. The molecule has 0 saturated heterocycles. The largest absolute Gasteiger partial charge is 0.491 e. The minimum atomic E-state index is -0.948. The Labute approximate surface area is 197 Å². The Morgan fingerprint density at radius 1 is 0.879 bits per heavy atom. The highest BCUT2D eigenvalue weighted by molar-refractivity contribution is 5.69. The lowest BCUT2D eigenvalue weighted by Gasteiger charge is -2.15. The Bertz CT molecular complexity index is 565. The van der Waals surface area contributed by atoms with Crippen LogP contribution in [-0.4, -0.2) is 77.1 Å². The molecule has 3 unspecified atom stereocenters. The van der Waals surface area contributed by atoms with Gasteiger partial charge < -0.3 is 34.6 Å². The second kappa shape index (κ2) is 23.0. The maximum atomic E-state index is 9.79. The summed E-state index contributed by atoms with van der Waals surface area (Å²) in [5, 5.41) is 33.7. The molecule has 0 saturated carbocycles. The van der Waals surface area contributed by atoms with Crippen molar-refractivity contribution in [2.45, 2.75) is 78.1 Å². The van der Waals surface area contributed by atoms with Crippen molar-refractivity contribution < 1.29 is 44.2 Å². The lowest BCUT2D eigenvalue weighted by Crippen LogP contribution is -2.22. The number of ether oxygens (including phenoxy) is 3. The molecule has 0 bridgehead atoms. The summed E-state index contributed by atoms with van der Waals surface area (Å²) in [5.74, 6) is -1.10. The van der Waals surface area contributed by atoms with E-state index in [0.717, 1.165) is 25.2 Å². The highest BCUT2D eigenvalue weighted by atomic mass is 16.5. The predicted molar refractivity (Wildman–Crippen MR) is 126 cm³/mol. The number of aliphatic hydroxyl groups is 2. The zero-order chi connectivity index (χ0) is 25.5. The molecule has 192 valence electrons. The molecule has 0 aromatic heterocycles. The molecule has 9 heteroatoms. The molecule has 4 N–H and O–H groups in total. The van der Waals surface area contributed by atoms with E-state index >= 15 is 0 Å². The number of hydrogen-bond donors (Lipinski definition) is 4. The van der Waals surface area contributed by atoms with Gasteiger partial charge in [-0.05, 0) is 45.7 Å². The van der Waals surface area contributed by atoms with Gasteiger partial charge in [0.25, 0.3) is 0 Å². The van der Waals surface area contributed by atoms with Gasteiger partial charge in [0.15, 0.2) is 0 Å². The number of benzene rings is 1. The number of carbonyl (C=O) groups is 2. The molecule has 0 aliphatic heterocycles. The predicted octanol–water partition coefficient (Wildman–Crippen LogP) is 3.36. The molecule has 0 heterocycles. The van der Waals surface area contributed by atoms with Gasteiger partial charge in [-0.1, -0.05) is 31.5 Å². The number of carboxylic acids is 2. The minimum absolute atomic E-state index is 0.0632. The van der Waals surface area contributed by atoms with Gasteiger partial charge in [0.05, 0.1) is 31.5 Å². The number of hydrogen-bond acceptors (Lipinski definition) is 7. The Balaban J connectivity index is 0. The Morgan fingerprint density at radius 3 is 1.91 bits per heavy atom. The third-order valence-corrected chi connectivity index (χ3v) is 3.79. The first-order valence-corrected chi connectivity index (χ1v) is 11.3. The van der Waals surface area contributed by atoms with E-state index in [2.05, 4.69) is 6.92 Å². The van der Waals surface area contributed by atoms with E-state index in [1.165, 1.54) is 0 Å². The van der Waals surface area contributed by atoms with Gasteiger partial charge in [-0.2, -0.15) is 0 Å². The van der Waals surface area contributed by atoms with E-state index in [0.29, 0.717) is 13.2 Å². The molecule has 1 rings (SSSR count). The van der Waals surface area contributed by atoms with Crippen LogP contribution in [0.3, 0.4) is 0 Å². The maximum Gasteiger partial charge on any atom is 0.303 e. The molecule has 33 heavy (non-hydrogen) atoms. The highest BCUT2D eigenvalue weighted by Crippen LogP contribution is 2.08. The van der Waals surface area contributed by atoms with Gasteiger partial charge >= 0.3 is 11.9 Å². The average molecular weight is 475 g/mol. The van der Waals surface area contributed by atoms with Crippen LogP contribution in [-0.2, 0) is 19.1 Å². The summed E-state index contributed by atoms with van der Waals surface area (Å²) in [4.78, 5) is 19.6. The molecule has 0 spiro atoms. The molecule has 3 atom stereocenters. The standard InChI is InChI=1S/C10H22O3.C9H12O2.C5H8O4/c1-4-5-6-12-10(3)8-13-9(2)7-11;1-8(10)7-11-9-5-3-2-4-6-9;6-4(7)2-1-3-5(8)9/h9-11H,4-8H2,1-3H3;2-6,8,10H,7H2,1H3;1-3H2,(H,6,7)(H,8,9). The van der Waals surface area contributed by atoms with Crippen LogP contribution in [0.4, 0.5) is 0 Å². The van der Waals surface area contributed by atoms with Crippen molar-refractivity contribution in [3.8, 4) is 5.75 Å². The van der Waals surface area contributed by atoms with E-state index in [4.69, 9.17) is 34.6 Å². The zero-order valence-electron chi connectivity index (χ0n) is 20.3. The quantitative estimate of drug-likeness (QED) is 0.281. The van der Waals surface area contributed by atoms with Crippen molar-refractivity contribution in [2.24, 2.45) is 0 Å². The highest BCUT2D eigenvalue weighted by Gasteiger charge is 2.05. The topological polar surface area (TPSA) is 143 Å². The van der Waals surface area contributed by atoms with Gasteiger partial charge in [-0.25, -0.2) is 0 Å². The summed E-state index contributed by atoms with van der Waals surface area (Å²) in [6, 6.07) is 9.45. The van der Waals surface area contributed by atoms with Gasteiger partial charge in [-0.3, -0.25) is 9.59 Å². The number of aliphatic hydroxyl groups excluding tert-OH is 2. The van der Waals surface area contributed by atoms with Gasteiger partial charge in [-0.15, -0.1) is 0 Å². The Kier molecular flexibility index (Phi) is 23.0. The smallest absolute Gasteiger partial charge is 0.303 e. The Hall–Kier alpha value is -2.20. The third-order valence-electron chi connectivity index (χ3n) is 3.79. The van der Waals surface area contributed by atoms with E-state index in [1.807, 2.05) is 44.2 Å². The van der Waals surface area contributed by atoms with Gasteiger partial charge in [0.1, 0.15) is 12.4 Å². The lowest BCUT2D eigenvalue weighted by molar-refractivity contribution is -0.138. The molecule has 0 amide bonds. The van der Waals surface area contributed by atoms with Crippen LogP contribution in [0.15, 0.2) is 30.3 Å². The van der Waals surface area contributed by atoms with Crippen molar-refractivity contribution in [1.29, 1.82) is 0 Å². The Morgan fingerprint density at radius 2 is 1.45 bits per heavy atom. The SMILES string of the molecule is CC(O)COc1ccccc1.CCCCOC(C)COC(C)CO.O=C(O)CCCC(=O)O. The fourth-order valence-corrected chi connectivity index (χ4v) is 1.95. The first-order chi connectivity index (χ1) is 15.6. The number of rotatable bonds is 15. The fraction of sp³-hybridized carbons (Fsp3) is 0.667. The molecule has 9 nitrogen and oxygen atoms in total. The van der Waals surface area contributed by atoms with E-state index < -0.39 is 18.0 Å². The fourth-order valence-electron chi connectivity index (χ4n) is 1.95. The van der Waals surface area contributed by atoms with Crippen LogP contribution in [0.5, 0.6) is 5.75 Å². The molecule has 0 fully saturated rings. The number of unbranched alkanes of at least 4 members (excludes halogenated alkanes) is 1. The van der Waals surface area contributed by atoms with Crippen molar-refractivity contribution in [2.75, 3.05) is 26.4 Å². The molecule has 0 aliphatic carbocycles. The molecule has 0 aliphatic rings. The van der Waals surface area contributed by atoms with Crippen LogP contribution in [0, 0.1) is 0 Å². The van der Waals surface area contributed by atoms with Crippen molar-refractivity contribution in [1.82, 2.24) is 0 Å². The summed E-state index contributed by atoms with van der Waals surface area (Å²) in [5.41, 5.74) is 0. The summed E-state index contributed by atoms with van der Waals surface area (Å²) in [6.45, 7) is 9.45. The summed E-state index contributed by atoms with van der Waals surface area (Å²) in [7, 11) is 0. The second-order valence-electron chi connectivity index (χ2n) is 7.48. The van der Waals surface area contributed by atoms with Crippen molar-refractivity contribution >= 4 is 11.9 Å². The second-order valence-corrected chi connectivity index (χ2v) is 7.48. The van der Waals surface area contributed by atoms with Crippen LogP contribution in [0.25, 0.3) is 0 Å². The first kappa shape index (κ1) is 33.0. The molecule has 0 radical (unpaired) electrons. The van der Waals surface area contributed by atoms with E-state index in [9.17, 15) is 9.59 Å². The van der Waals surface area contributed by atoms with Crippen LogP contribution >= 0.6 is 0 Å². The van der Waals surface area contributed by atoms with Crippen LogP contribution in [0.1, 0.15) is 59.8 Å². The maximum absolute atomic E-state index is 9.79. The summed E-state index contributed by atoms with van der Waals surface area (Å²) < 4.78 is 16.0. The molecule has 1 aromatic carbocycles. The monoisotopic (exact) mass is 474 g/mol. The third kappa shape index (κ3) is 27.8. The number of carboxylic acid groups (broad SMARTS) is 2. The zero-order valence-corrected chi connectivity index (χ0v) is 20.3. The van der Waals surface area contributed by atoms with Gasteiger partial charge in [0.2, 0.25) is 0 Å². The van der Waals surface area contributed by atoms with Crippen molar-refractivity contribution in [3.05, 3.63) is 30.3 Å². The molecular weight excluding hydrogens is 432 g/mol. The van der Waals surface area contributed by atoms with Gasteiger partial charge in [0, 0.05) is 19.4 Å². The first-order valence-electron chi connectivity index (χ1n) is 11.3. The minimum Gasteiger partial charge on any atom is -0.491 e. The lowest BCUT2D eigenvalue weighted by atomic mass is 10.2. The van der Waals surface area contributed by atoms with Crippen LogP contribution in [0.2, 0.25) is 0 Å². The van der Waals surface area contributed by atoms with Crippen molar-refractivity contribution in [3.63, 3.8) is 0 Å². The number of para-hydroxylation sites is 1. The van der Waals surface area contributed by atoms with E-state index in [-0.39, 0.29) is 38.1 Å².